The number of hydrogen-bond acceptors (Lipinski definition) is 5. The van der Waals surface area contributed by atoms with Crippen LogP contribution in [0.5, 0.6) is 0 Å². The van der Waals surface area contributed by atoms with Crippen molar-refractivity contribution in [2.75, 3.05) is 6.61 Å². The molecular weight excluding hydrogens is 408 g/mol. The van der Waals surface area contributed by atoms with Crippen LogP contribution in [0.1, 0.15) is 24.7 Å². The van der Waals surface area contributed by atoms with Crippen molar-refractivity contribution in [1.82, 2.24) is 0 Å². The Labute approximate surface area is 177 Å². The minimum absolute atomic E-state index is 0.669. The van der Waals surface area contributed by atoms with Crippen molar-refractivity contribution in [3.63, 3.8) is 0 Å². The number of benzene rings is 2. The standard InChI is InChI=1S/C23H21O2.ClHO4/c1-2-24-16-19-13-14-20-21(17-9-5-3-6-10-17)15-22(25-23(19)20)18-11-7-4-8-12-18;2-1(3,4)5/h3-12,15-16H,2,13-14H2,1H3;(H,2,3,4,5)/q+1;/p-1. The number of hydrogen-bond donors (Lipinski definition) is 0. The van der Waals surface area contributed by atoms with Gasteiger partial charge in [0.15, 0.2) is 0 Å². The fraction of sp³-hybridized carbons (Fsp3) is 0.174. The normalized spacial score (nSPS) is 14.1. The highest BCUT2D eigenvalue weighted by Gasteiger charge is 2.33. The Morgan fingerprint density at radius 2 is 1.47 bits per heavy atom. The van der Waals surface area contributed by atoms with E-state index in [4.69, 9.17) is 27.8 Å². The number of fused-ring (bicyclic) bond motifs is 1. The monoisotopic (exact) mass is 428 g/mol. The maximum absolute atomic E-state index is 8.49. The first-order valence-corrected chi connectivity index (χ1v) is 10.6. The molecule has 0 radical (unpaired) electrons. The van der Waals surface area contributed by atoms with Crippen LogP contribution in [0, 0.1) is 10.2 Å². The highest BCUT2D eigenvalue weighted by molar-refractivity contribution is 5.80. The van der Waals surface area contributed by atoms with Gasteiger partial charge in [-0.25, -0.2) is 23.1 Å². The molecule has 0 bridgehead atoms. The van der Waals surface area contributed by atoms with Crippen LogP contribution in [0.25, 0.3) is 28.0 Å². The summed E-state index contributed by atoms with van der Waals surface area (Å²) in [5.41, 5.74) is 5.98. The van der Waals surface area contributed by atoms with Crippen molar-refractivity contribution in [2.45, 2.75) is 19.8 Å². The molecular formula is C23H21ClO6. The molecule has 4 rings (SSSR count). The molecule has 156 valence electrons. The minimum Gasteiger partial charge on any atom is -0.501 e. The molecule has 1 aliphatic carbocycles. The van der Waals surface area contributed by atoms with Crippen molar-refractivity contribution in [3.8, 4) is 22.5 Å². The van der Waals surface area contributed by atoms with Crippen LogP contribution < -0.4 is 18.6 Å². The molecule has 30 heavy (non-hydrogen) atoms. The molecule has 0 N–H and O–H groups in total. The third kappa shape index (κ3) is 5.89. The fourth-order valence-electron chi connectivity index (χ4n) is 3.34. The van der Waals surface area contributed by atoms with Gasteiger partial charge in [-0.05, 0) is 37.5 Å². The first kappa shape index (κ1) is 22.0. The van der Waals surface area contributed by atoms with Gasteiger partial charge in [0.1, 0.15) is 0 Å². The van der Waals surface area contributed by atoms with Gasteiger partial charge in [0.25, 0.3) is 0 Å². The predicted octanol–water partition coefficient (Wildman–Crippen LogP) is 1.46. The van der Waals surface area contributed by atoms with Gasteiger partial charge in [-0.2, -0.15) is 0 Å². The van der Waals surface area contributed by atoms with E-state index in [2.05, 4.69) is 48.5 Å². The lowest BCUT2D eigenvalue weighted by Gasteiger charge is -2.17. The summed E-state index contributed by atoms with van der Waals surface area (Å²) in [4.78, 5) is 0. The highest BCUT2D eigenvalue weighted by Crippen LogP contribution is 2.41. The first-order valence-electron chi connectivity index (χ1n) is 9.40. The lowest BCUT2D eigenvalue weighted by atomic mass is 9.98. The van der Waals surface area contributed by atoms with Gasteiger partial charge in [0.2, 0.25) is 0 Å². The SMILES string of the molecule is CCOC=C1CCc2c(-c3ccccc3)cc(-c3ccccc3)[o+]c21.[O-][Cl+3]([O-])([O-])[O-]. The van der Waals surface area contributed by atoms with Crippen LogP contribution in [-0.4, -0.2) is 6.61 Å². The number of rotatable bonds is 4. The second kappa shape index (κ2) is 9.84. The molecule has 0 atom stereocenters. The van der Waals surface area contributed by atoms with E-state index in [0.29, 0.717) is 6.61 Å². The van der Waals surface area contributed by atoms with Crippen molar-refractivity contribution < 1.29 is 38.0 Å². The zero-order valence-corrected chi connectivity index (χ0v) is 17.1. The summed E-state index contributed by atoms with van der Waals surface area (Å²) in [6.45, 7) is 2.67. The van der Waals surface area contributed by atoms with E-state index in [1.54, 1.807) is 0 Å². The Hall–Kier alpha value is -2.74. The summed E-state index contributed by atoms with van der Waals surface area (Å²) < 4.78 is 45.8. The Bertz CT molecular complexity index is 991. The predicted molar refractivity (Wildman–Crippen MR) is 102 cm³/mol. The maximum Gasteiger partial charge on any atom is 0.363 e. The van der Waals surface area contributed by atoms with Gasteiger partial charge in [0.05, 0.1) is 35.6 Å². The van der Waals surface area contributed by atoms with Crippen molar-refractivity contribution in [3.05, 3.63) is 84.3 Å². The molecule has 0 amide bonds. The van der Waals surface area contributed by atoms with Crippen LogP contribution in [0.4, 0.5) is 0 Å². The molecule has 1 aliphatic rings. The van der Waals surface area contributed by atoms with Gasteiger partial charge in [-0.1, -0.05) is 48.5 Å². The topological polar surface area (TPSA) is 113 Å². The van der Waals surface area contributed by atoms with Gasteiger partial charge in [0, 0.05) is 5.56 Å². The molecule has 1 aromatic heterocycles. The molecule has 0 saturated heterocycles. The highest BCUT2D eigenvalue weighted by atomic mass is 35.7. The molecule has 0 saturated carbocycles. The van der Waals surface area contributed by atoms with E-state index in [-0.39, 0.29) is 0 Å². The molecule has 0 aliphatic heterocycles. The lowest BCUT2D eigenvalue weighted by Crippen LogP contribution is -2.68. The molecule has 0 fully saturated rings. The summed E-state index contributed by atoms with van der Waals surface area (Å²) in [5.74, 6) is 1.86. The quantitative estimate of drug-likeness (QED) is 0.459. The van der Waals surface area contributed by atoms with E-state index in [9.17, 15) is 0 Å². The van der Waals surface area contributed by atoms with Crippen molar-refractivity contribution >= 4 is 5.57 Å². The molecule has 1 heterocycles. The van der Waals surface area contributed by atoms with Crippen LogP contribution in [0.2, 0.25) is 0 Å². The second-order valence-corrected chi connectivity index (χ2v) is 7.30. The van der Waals surface area contributed by atoms with Gasteiger partial charge >= 0.3 is 11.5 Å². The van der Waals surface area contributed by atoms with Gasteiger partial charge in [-0.15, -0.1) is 10.2 Å². The van der Waals surface area contributed by atoms with Crippen molar-refractivity contribution in [2.24, 2.45) is 0 Å². The Morgan fingerprint density at radius 3 is 2.03 bits per heavy atom. The zero-order valence-electron chi connectivity index (χ0n) is 16.4. The van der Waals surface area contributed by atoms with Gasteiger partial charge in [-0.3, -0.25) is 0 Å². The van der Waals surface area contributed by atoms with E-state index >= 15 is 0 Å². The molecule has 0 spiro atoms. The first-order chi connectivity index (χ1) is 14.4. The Kier molecular flexibility index (Phi) is 7.20. The van der Waals surface area contributed by atoms with Gasteiger partial charge < -0.3 is 4.74 Å². The molecule has 3 aromatic rings. The van der Waals surface area contributed by atoms with E-state index < -0.39 is 10.2 Å². The number of ether oxygens (including phenoxy) is 1. The van der Waals surface area contributed by atoms with Crippen LogP contribution >= 0.6 is 0 Å². The minimum atomic E-state index is -4.94. The zero-order chi connectivity index (χ0) is 21.6. The van der Waals surface area contributed by atoms with Crippen LogP contribution in [-0.2, 0) is 11.2 Å². The Morgan fingerprint density at radius 1 is 0.900 bits per heavy atom. The summed E-state index contributed by atoms with van der Waals surface area (Å²) in [6.07, 6.45) is 3.80. The number of halogens is 1. The average molecular weight is 429 g/mol. The largest absolute Gasteiger partial charge is 0.501 e. The maximum atomic E-state index is 8.49. The summed E-state index contributed by atoms with van der Waals surface area (Å²) in [6, 6.07) is 23.0. The molecule has 0 unspecified atom stereocenters. The van der Waals surface area contributed by atoms with E-state index in [1.165, 1.54) is 16.7 Å². The van der Waals surface area contributed by atoms with Crippen LogP contribution in [0.3, 0.4) is 0 Å². The third-order valence-corrected chi connectivity index (χ3v) is 4.56. The summed E-state index contributed by atoms with van der Waals surface area (Å²) in [5, 5.41) is 0. The Balaban J connectivity index is 0.000000461. The van der Waals surface area contributed by atoms with Crippen LogP contribution in [0.15, 0.2) is 77.4 Å². The fourth-order valence-corrected chi connectivity index (χ4v) is 3.34. The smallest absolute Gasteiger partial charge is 0.363 e. The lowest BCUT2D eigenvalue weighted by molar-refractivity contribution is -2.00. The molecule has 2 aromatic carbocycles. The van der Waals surface area contributed by atoms with Crippen molar-refractivity contribution in [1.29, 1.82) is 0 Å². The third-order valence-electron chi connectivity index (χ3n) is 4.56. The van der Waals surface area contributed by atoms with E-state index in [0.717, 1.165) is 35.5 Å². The van der Waals surface area contributed by atoms with E-state index in [1.807, 2.05) is 31.4 Å². The average Bonchev–Trinajstić information content (AvgIpc) is 3.14. The molecule has 6 nitrogen and oxygen atoms in total. The second-order valence-electron chi connectivity index (χ2n) is 6.54. The molecule has 7 heteroatoms. The number of allylic oxidation sites excluding steroid dienone is 1. The summed E-state index contributed by atoms with van der Waals surface area (Å²) >= 11 is 0. The summed E-state index contributed by atoms with van der Waals surface area (Å²) in [7, 11) is -4.94.